The molecule has 0 radical (unpaired) electrons. The molecule has 1 saturated heterocycles. The molecule has 1 aliphatic rings. The van der Waals surface area contributed by atoms with Gasteiger partial charge in [-0.15, -0.1) is 0 Å². The topological polar surface area (TPSA) is 84.2 Å². The standard InChI is InChI=1S/C16H21N5O2/c1-12-19-15(20-23-12)11-18-16(22)21-8-5-13(6-9-21)10-14-4-2-3-7-17-14/h2-4,7,13H,5-6,8-11H2,1H3,(H,18,22). The van der Waals surface area contributed by atoms with Crippen LogP contribution in [0.25, 0.3) is 0 Å². The Morgan fingerprint density at radius 2 is 2.22 bits per heavy atom. The Morgan fingerprint density at radius 1 is 1.39 bits per heavy atom. The zero-order valence-corrected chi connectivity index (χ0v) is 13.2. The van der Waals surface area contributed by atoms with Gasteiger partial charge in [0.15, 0.2) is 5.82 Å². The quantitative estimate of drug-likeness (QED) is 0.932. The number of hydrogen-bond acceptors (Lipinski definition) is 5. The maximum absolute atomic E-state index is 12.2. The molecule has 2 amide bonds. The molecule has 0 bridgehead atoms. The van der Waals surface area contributed by atoms with E-state index in [1.807, 2.05) is 23.2 Å². The van der Waals surface area contributed by atoms with Gasteiger partial charge in [0.2, 0.25) is 5.89 Å². The summed E-state index contributed by atoms with van der Waals surface area (Å²) in [5.74, 6) is 1.60. The third-order valence-electron chi connectivity index (χ3n) is 4.09. The van der Waals surface area contributed by atoms with Crippen LogP contribution in [0, 0.1) is 12.8 Å². The van der Waals surface area contributed by atoms with Gasteiger partial charge in [-0.1, -0.05) is 11.2 Å². The lowest BCUT2D eigenvalue weighted by atomic mass is 9.92. The monoisotopic (exact) mass is 315 g/mol. The van der Waals surface area contributed by atoms with E-state index in [2.05, 4.69) is 26.5 Å². The smallest absolute Gasteiger partial charge is 0.317 e. The fourth-order valence-corrected chi connectivity index (χ4v) is 2.83. The molecule has 23 heavy (non-hydrogen) atoms. The summed E-state index contributed by atoms with van der Waals surface area (Å²) in [6.45, 7) is 3.57. The number of aryl methyl sites for hydroxylation is 1. The Bertz CT molecular complexity index is 635. The average Bonchev–Trinajstić information content (AvgIpc) is 3.00. The molecule has 122 valence electrons. The highest BCUT2D eigenvalue weighted by atomic mass is 16.5. The Balaban J connectivity index is 1.42. The van der Waals surface area contributed by atoms with Crippen molar-refractivity contribution in [2.45, 2.75) is 32.7 Å². The zero-order chi connectivity index (χ0) is 16.1. The summed E-state index contributed by atoms with van der Waals surface area (Å²) in [6.07, 6.45) is 4.83. The molecule has 1 aliphatic heterocycles. The first-order valence-corrected chi connectivity index (χ1v) is 7.92. The molecule has 0 saturated carbocycles. The number of carbonyl (C=O) groups excluding carboxylic acids is 1. The first kappa shape index (κ1) is 15.5. The van der Waals surface area contributed by atoms with E-state index >= 15 is 0 Å². The van der Waals surface area contributed by atoms with Gasteiger partial charge >= 0.3 is 6.03 Å². The van der Waals surface area contributed by atoms with Crippen molar-refractivity contribution in [3.63, 3.8) is 0 Å². The van der Waals surface area contributed by atoms with Crippen molar-refractivity contribution >= 4 is 6.03 Å². The van der Waals surface area contributed by atoms with Gasteiger partial charge in [0, 0.05) is 31.9 Å². The number of pyridine rings is 1. The Labute approximate surface area is 135 Å². The van der Waals surface area contributed by atoms with Gasteiger partial charge in [0.1, 0.15) is 0 Å². The number of piperidine rings is 1. The lowest BCUT2D eigenvalue weighted by Crippen LogP contribution is -2.44. The van der Waals surface area contributed by atoms with Crippen LogP contribution in [0.4, 0.5) is 4.79 Å². The van der Waals surface area contributed by atoms with Crippen LogP contribution >= 0.6 is 0 Å². The molecule has 2 aromatic rings. The summed E-state index contributed by atoms with van der Waals surface area (Å²) in [7, 11) is 0. The number of rotatable bonds is 4. The van der Waals surface area contributed by atoms with Gasteiger partial charge in [-0.2, -0.15) is 4.98 Å². The SMILES string of the molecule is Cc1nc(CNC(=O)N2CCC(Cc3ccccn3)CC2)no1. The van der Waals surface area contributed by atoms with Crippen LogP contribution in [0.3, 0.4) is 0 Å². The molecule has 0 atom stereocenters. The molecule has 7 nitrogen and oxygen atoms in total. The van der Waals surface area contributed by atoms with E-state index in [9.17, 15) is 4.79 Å². The normalized spacial score (nSPS) is 15.6. The van der Waals surface area contributed by atoms with Gasteiger partial charge in [0.05, 0.1) is 6.54 Å². The fraction of sp³-hybridized carbons (Fsp3) is 0.500. The predicted molar refractivity (Wildman–Crippen MR) is 83.5 cm³/mol. The van der Waals surface area contributed by atoms with Crippen molar-refractivity contribution in [3.05, 3.63) is 41.8 Å². The number of aromatic nitrogens is 3. The minimum absolute atomic E-state index is 0.0660. The maximum Gasteiger partial charge on any atom is 0.317 e. The first-order valence-electron chi connectivity index (χ1n) is 7.92. The molecule has 7 heteroatoms. The van der Waals surface area contributed by atoms with Crippen LogP contribution in [0.15, 0.2) is 28.9 Å². The molecule has 1 fully saturated rings. The molecule has 0 unspecified atom stereocenters. The number of nitrogens with one attached hydrogen (secondary N) is 1. The first-order chi connectivity index (χ1) is 11.2. The summed E-state index contributed by atoms with van der Waals surface area (Å²) in [5, 5.41) is 6.60. The van der Waals surface area contributed by atoms with Crippen LogP contribution in [-0.2, 0) is 13.0 Å². The second kappa shape index (κ2) is 7.21. The summed E-state index contributed by atoms with van der Waals surface area (Å²) in [5.41, 5.74) is 1.13. The minimum Gasteiger partial charge on any atom is -0.340 e. The van der Waals surface area contributed by atoms with E-state index in [0.29, 0.717) is 24.2 Å². The van der Waals surface area contributed by atoms with Crippen molar-refractivity contribution in [2.24, 2.45) is 5.92 Å². The summed E-state index contributed by atoms with van der Waals surface area (Å²) in [4.78, 5) is 22.5. The summed E-state index contributed by atoms with van der Waals surface area (Å²) >= 11 is 0. The van der Waals surface area contributed by atoms with Crippen molar-refractivity contribution in [1.29, 1.82) is 0 Å². The molecule has 2 aromatic heterocycles. The number of urea groups is 1. The van der Waals surface area contributed by atoms with E-state index in [1.165, 1.54) is 0 Å². The highest BCUT2D eigenvalue weighted by molar-refractivity contribution is 5.74. The van der Waals surface area contributed by atoms with Crippen LogP contribution in [0.1, 0.15) is 30.3 Å². The third-order valence-corrected chi connectivity index (χ3v) is 4.09. The summed E-state index contributed by atoms with van der Waals surface area (Å²) in [6, 6.07) is 5.95. The predicted octanol–water partition coefficient (Wildman–Crippen LogP) is 1.94. The number of hydrogen-bond donors (Lipinski definition) is 1. The minimum atomic E-state index is -0.0660. The van der Waals surface area contributed by atoms with Crippen molar-refractivity contribution < 1.29 is 9.32 Å². The van der Waals surface area contributed by atoms with Crippen LogP contribution < -0.4 is 5.32 Å². The molecule has 1 N–H and O–H groups in total. The fourth-order valence-electron chi connectivity index (χ4n) is 2.83. The molecular formula is C16H21N5O2. The Morgan fingerprint density at radius 3 is 2.87 bits per heavy atom. The Kier molecular flexibility index (Phi) is 4.85. The number of nitrogens with zero attached hydrogens (tertiary/aromatic N) is 4. The highest BCUT2D eigenvalue weighted by Crippen LogP contribution is 2.20. The van der Waals surface area contributed by atoms with Crippen molar-refractivity contribution in [1.82, 2.24) is 25.3 Å². The molecule has 0 aliphatic carbocycles. The molecule has 3 rings (SSSR count). The third kappa shape index (κ3) is 4.28. The van der Waals surface area contributed by atoms with E-state index in [4.69, 9.17) is 4.52 Å². The van der Waals surface area contributed by atoms with Gasteiger partial charge in [-0.05, 0) is 37.3 Å². The van der Waals surface area contributed by atoms with Gasteiger partial charge in [-0.25, -0.2) is 4.79 Å². The van der Waals surface area contributed by atoms with E-state index in [1.54, 1.807) is 6.92 Å². The lowest BCUT2D eigenvalue weighted by Gasteiger charge is -2.31. The van der Waals surface area contributed by atoms with E-state index in [-0.39, 0.29) is 6.03 Å². The molecule has 0 spiro atoms. The van der Waals surface area contributed by atoms with Gasteiger partial charge in [0.25, 0.3) is 0 Å². The number of carbonyl (C=O) groups is 1. The van der Waals surface area contributed by atoms with Crippen LogP contribution in [0.5, 0.6) is 0 Å². The van der Waals surface area contributed by atoms with E-state index < -0.39 is 0 Å². The maximum atomic E-state index is 12.2. The second-order valence-electron chi connectivity index (χ2n) is 5.84. The van der Waals surface area contributed by atoms with Crippen molar-refractivity contribution in [3.8, 4) is 0 Å². The largest absolute Gasteiger partial charge is 0.340 e. The van der Waals surface area contributed by atoms with Crippen LogP contribution in [0.2, 0.25) is 0 Å². The van der Waals surface area contributed by atoms with Gasteiger partial charge in [-0.3, -0.25) is 4.98 Å². The summed E-state index contributed by atoms with van der Waals surface area (Å²) < 4.78 is 4.88. The Hall–Kier alpha value is -2.44. The average molecular weight is 315 g/mol. The van der Waals surface area contributed by atoms with Crippen molar-refractivity contribution in [2.75, 3.05) is 13.1 Å². The molecule has 3 heterocycles. The molecule has 0 aromatic carbocycles. The van der Waals surface area contributed by atoms with E-state index in [0.717, 1.165) is 38.0 Å². The second-order valence-corrected chi connectivity index (χ2v) is 5.84. The van der Waals surface area contributed by atoms with Crippen LogP contribution in [-0.4, -0.2) is 39.1 Å². The number of likely N-dealkylation sites (tertiary alicyclic amines) is 1. The zero-order valence-electron chi connectivity index (χ0n) is 13.2. The molecular weight excluding hydrogens is 294 g/mol. The van der Waals surface area contributed by atoms with Gasteiger partial charge < -0.3 is 14.7 Å². The lowest BCUT2D eigenvalue weighted by molar-refractivity contribution is 0.169. The highest BCUT2D eigenvalue weighted by Gasteiger charge is 2.23. The number of amides is 2.